The van der Waals surface area contributed by atoms with Crippen LogP contribution in [-0.4, -0.2) is 0 Å². The molecule has 0 aromatic heterocycles. The largest absolute Gasteiger partial charge is 0.416 e. The van der Waals surface area contributed by atoms with Gasteiger partial charge in [0.15, 0.2) is 0 Å². The molecule has 1 atom stereocenters. The van der Waals surface area contributed by atoms with Gasteiger partial charge < -0.3 is 5.32 Å². The van der Waals surface area contributed by atoms with E-state index in [1.165, 1.54) is 12.1 Å². The SMILES string of the molecule is FC(F)(F)c1ccccc1C1Cc2cc(Cl)ccc2N1. The van der Waals surface area contributed by atoms with Crippen molar-refractivity contribution in [3.63, 3.8) is 0 Å². The van der Waals surface area contributed by atoms with Crippen molar-refractivity contribution in [2.45, 2.75) is 18.6 Å². The summed E-state index contributed by atoms with van der Waals surface area (Å²) in [6.45, 7) is 0. The minimum atomic E-state index is -4.34. The van der Waals surface area contributed by atoms with Crippen molar-refractivity contribution in [1.29, 1.82) is 0 Å². The van der Waals surface area contributed by atoms with Gasteiger partial charge in [0, 0.05) is 10.7 Å². The van der Waals surface area contributed by atoms with Gasteiger partial charge in [0.25, 0.3) is 0 Å². The number of rotatable bonds is 1. The Kier molecular flexibility index (Phi) is 3.13. The molecule has 0 aliphatic carbocycles. The van der Waals surface area contributed by atoms with Crippen LogP contribution in [0.2, 0.25) is 5.02 Å². The second-order valence-electron chi connectivity index (χ2n) is 4.79. The maximum absolute atomic E-state index is 13.0. The second-order valence-corrected chi connectivity index (χ2v) is 5.22. The predicted molar refractivity (Wildman–Crippen MR) is 73.0 cm³/mol. The summed E-state index contributed by atoms with van der Waals surface area (Å²) in [6.07, 6.45) is -3.84. The summed E-state index contributed by atoms with van der Waals surface area (Å²) in [7, 11) is 0. The van der Waals surface area contributed by atoms with E-state index in [-0.39, 0.29) is 11.6 Å². The van der Waals surface area contributed by atoms with Crippen LogP contribution >= 0.6 is 11.6 Å². The highest BCUT2D eigenvalue weighted by molar-refractivity contribution is 6.30. The van der Waals surface area contributed by atoms with E-state index in [1.54, 1.807) is 24.3 Å². The molecule has 0 saturated carbocycles. The topological polar surface area (TPSA) is 12.0 Å². The highest BCUT2D eigenvalue weighted by Crippen LogP contribution is 2.40. The van der Waals surface area contributed by atoms with Crippen LogP contribution in [0.25, 0.3) is 0 Å². The Balaban J connectivity index is 1.98. The third kappa shape index (κ3) is 2.36. The molecule has 1 aliphatic rings. The van der Waals surface area contributed by atoms with Gasteiger partial charge in [0.2, 0.25) is 0 Å². The van der Waals surface area contributed by atoms with Gasteiger partial charge in [-0.25, -0.2) is 0 Å². The van der Waals surface area contributed by atoms with Crippen molar-refractivity contribution >= 4 is 17.3 Å². The molecule has 1 heterocycles. The molecule has 0 bridgehead atoms. The average Bonchev–Trinajstić information content (AvgIpc) is 2.80. The van der Waals surface area contributed by atoms with Crippen molar-refractivity contribution in [1.82, 2.24) is 0 Å². The van der Waals surface area contributed by atoms with E-state index in [4.69, 9.17) is 11.6 Å². The van der Waals surface area contributed by atoms with Crippen molar-refractivity contribution in [3.05, 3.63) is 64.2 Å². The molecule has 0 saturated heterocycles. The zero-order valence-electron chi connectivity index (χ0n) is 10.3. The van der Waals surface area contributed by atoms with E-state index < -0.39 is 11.7 Å². The van der Waals surface area contributed by atoms with E-state index in [1.807, 2.05) is 0 Å². The molecule has 2 aromatic carbocycles. The van der Waals surface area contributed by atoms with Gasteiger partial charge in [0.1, 0.15) is 0 Å². The highest BCUT2D eigenvalue weighted by atomic mass is 35.5. The van der Waals surface area contributed by atoms with Crippen LogP contribution in [0, 0.1) is 0 Å². The smallest absolute Gasteiger partial charge is 0.378 e. The molecule has 1 nitrogen and oxygen atoms in total. The summed E-state index contributed by atoms with van der Waals surface area (Å²) in [5, 5.41) is 3.72. The van der Waals surface area contributed by atoms with Crippen LogP contribution < -0.4 is 5.32 Å². The number of benzene rings is 2. The van der Waals surface area contributed by atoms with Crippen LogP contribution in [0.3, 0.4) is 0 Å². The quantitative estimate of drug-likeness (QED) is 0.775. The minimum absolute atomic E-state index is 0.271. The van der Waals surface area contributed by atoms with Crippen LogP contribution in [0.1, 0.15) is 22.7 Å². The summed E-state index contributed by atoms with van der Waals surface area (Å²) in [6, 6.07) is 10.6. The van der Waals surface area contributed by atoms with Gasteiger partial charge in [-0.3, -0.25) is 0 Å². The first-order valence-corrected chi connectivity index (χ1v) is 6.54. The molecule has 0 spiro atoms. The number of alkyl halides is 3. The molecular formula is C15H11ClF3N. The Hall–Kier alpha value is -1.68. The van der Waals surface area contributed by atoms with Crippen LogP contribution in [-0.2, 0) is 12.6 Å². The highest BCUT2D eigenvalue weighted by Gasteiger charge is 2.36. The third-order valence-electron chi connectivity index (χ3n) is 3.46. The number of nitrogens with one attached hydrogen (secondary N) is 1. The van der Waals surface area contributed by atoms with Gasteiger partial charge in [-0.05, 0) is 41.8 Å². The molecule has 1 N–H and O–H groups in total. The number of fused-ring (bicyclic) bond motifs is 1. The Bertz CT molecular complexity index is 652. The van der Waals surface area contributed by atoms with E-state index in [0.29, 0.717) is 11.4 Å². The van der Waals surface area contributed by atoms with E-state index in [9.17, 15) is 13.2 Å². The van der Waals surface area contributed by atoms with Crippen molar-refractivity contribution in [3.8, 4) is 0 Å². The standard InChI is InChI=1S/C15H11ClF3N/c16-10-5-6-13-9(7-10)8-14(20-13)11-3-1-2-4-12(11)15(17,18)19/h1-7,14,20H,8H2. The average molecular weight is 298 g/mol. The normalized spacial score (nSPS) is 17.7. The van der Waals surface area contributed by atoms with Crippen molar-refractivity contribution in [2.24, 2.45) is 0 Å². The summed E-state index contributed by atoms with van der Waals surface area (Å²) in [5.74, 6) is 0. The first-order valence-electron chi connectivity index (χ1n) is 6.16. The minimum Gasteiger partial charge on any atom is -0.378 e. The molecule has 104 valence electrons. The molecule has 0 fully saturated rings. The molecule has 1 unspecified atom stereocenters. The first kappa shape index (κ1) is 13.3. The Morgan fingerprint density at radius 2 is 1.85 bits per heavy atom. The Labute approximate surface area is 119 Å². The van der Waals surface area contributed by atoms with Crippen molar-refractivity contribution < 1.29 is 13.2 Å². The summed E-state index contributed by atoms with van der Waals surface area (Å²) < 4.78 is 39.1. The van der Waals surface area contributed by atoms with Crippen LogP contribution in [0.5, 0.6) is 0 Å². The molecular weight excluding hydrogens is 287 g/mol. The molecule has 3 rings (SSSR count). The van der Waals surface area contributed by atoms with Gasteiger partial charge >= 0.3 is 6.18 Å². The lowest BCUT2D eigenvalue weighted by atomic mass is 9.97. The first-order chi connectivity index (χ1) is 9.45. The lowest BCUT2D eigenvalue weighted by molar-refractivity contribution is -0.138. The van der Waals surface area contributed by atoms with E-state index in [0.717, 1.165) is 17.3 Å². The van der Waals surface area contributed by atoms with Gasteiger partial charge in [-0.15, -0.1) is 0 Å². The number of hydrogen-bond donors (Lipinski definition) is 1. The zero-order chi connectivity index (χ0) is 14.3. The molecule has 0 amide bonds. The Morgan fingerprint density at radius 1 is 1.10 bits per heavy atom. The molecule has 5 heteroatoms. The number of anilines is 1. The summed E-state index contributed by atoms with van der Waals surface area (Å²) in [4.78, 5) is 0. The van der Waals surface area contributed by atoms with Crippen LogP contribution in [0.4, 0.5) is 18.9 Å². The molecule has 0 radical (unpaired) electrons. The fourth-order valence-electron chi connectivity index (χ4n) is 2.58. The van der Waals surface area contributed by atoms with Gasteiger partial charge in [-0.1, -0.05) is 29.8 Å². The molecule has 2 aromatic rings. The summed E-state index contributed by atoms with van der Waals surface area (Å²) >= 11 is 5.91. The van der Waals surface area contributed by atoms with Crippen molar-refractivity contribution in [2.75, 3.05) is 5.32 Å². The fraction of sp³-hybridized carbons (Fsp3) is 0.200. The van der Waals surface area contributed by atoms with Gasteiger partial charge in [0.05, 0.1) is 11.6 Å². The third-order valence-corrected chi connectivity index (χ3v) is 3.70. The Morgan fingerprint density at radius 3 is 2.60 bits per heavy atom. The van der Waals surface area contributed by atoms with E-state index >= 15 is 0 Å². The monoisotopic (exact) mass is 297 g/mol. The maximum atomic E-state index is 13.0. The summed E-state index contributed by atoms with van der Waals surface area (Å²) in [5.41, 5.74) is 1.47. The fourth-order valence-corrected chi connectivity index (χ4v) is 2.77. The number of halogens is 4. The lowest BCUT2D eigenvalue weighted by Crippen LogP contribution is -2.15. The predicted octanol–water partition coefficient (Wildman–Crippen LogP) is 5.07. The maximum Gasteiger partial charge on any atom is 0.416 e. The second kappa shape index (κ2) is 4.70. The molecule has 20 heavy (non-hydrogen) atoms. The van der Waals surface area contributed by atoms with Crippen LogP contribution in [0.15, 0.2) is 42.5 Å². The number of hydrogen-bond acceptors (Lipinski definition) is 1. The zero-order valence-corrected chi connectivity index (χ0v) is 11.1. The molecule has 1 aliphatic heterocycles. The lowest BCUT2D eigenvalue weighted by Gasteiger charge is -2.18. The van der Waals surface area contributed by atoms with Gasteiger partial charge in [-0.2, -0.15) is 13.2 Å². The van der Waals surface area contributed by atoms with E-state index in [2.05, 4.69) is 5.32 Å².